The molecule has 4 nitrogen and oxygen atoms in total. The molecule has 0 aromatic heterocycles. The molecule has 0 fully saturated rings. The van der Waals surface area contributed by atoms with Crippen molar-refractivity contribution in [2.75, 3.05) is 0 Å². The van der Waals surface area contributed by atoms with Crippen LogP contribution in [0.1, 0.15) is 175 Å². The molecule has 0 bridgehead atoms. The first kappa shape index (κ1) is 36.1. The minimum absolute atomic E-state index is 0.144. The lowest BCUT2D eigenvalue weighted by Gasteiger charge is -2.15. The summed E-state index contributed by atoms with van der Waals surface area (Å²) in [7, 11) is 0. The van der Waals surface area contributed by atoms with Crippen LogP contribution in [0.5, 0.6) is 0 Å². The van der Waals surface area contributed by atoms with E-state index in [9.17, 15) is 9.59 Å². The number of hydrogen-bond acceptors (Lipinski definition) is 2. The highest BCUT2D eigenvalue weighted by Gasteiger charge is 2.20. The molecule has 2 N–H and O–H groups in total. The van der Waals surface area contributed by atoms with Gasteiger partial charge in [-0.25, -0.2) is 0 Å². The number of carboxylic acids is 2. The van der Waals surface area contributed by atoms with Crippen LogP contribution in [0.3, 0.4) is 0 Å². The number of unbranched alkanes of at least 4 members (excludes halogenated alkanes) is 19. The largest absolute Gasteiger partial charge is 0.481 e. The van der Waals surface area contributed by atoms with Gasteiger partial charge in [0.25, 0.3) is 0 Å². The third kappa shape index (κ3) is 30.9. The number of hydrogen-bond donors (Lipinski definition) is 2. The van der Waals surface area contributed by atoms with E-state index in [1.54, 1.807) is 0 Å². The highest BCUT2D eigenvalue weighted by molar-refractivity contribution is 5.70. The van der Waals surface area contributed by atoms with Crippen molar-refractivity contribution < 1.29 is 19.8 Å². The lowest BCUT2D eigenvalue weighted by molar-refractivity contribution is -0.143. The molecule has 0 aliphatic carbocycles. The summed E-state index contributed by atoms with van der Waals surface area (Å²) in [5.41, 5.74) is 0. The van der Waals surface area contributed by atoms with Crippen LogP contribution in [-0.4, -0.2) is 22.2 Å². The van der Waals surface area contributed by atoms with Crippen molar-refractivity contribution >= 4 is 11.9 Å². The Labute approximate surface area is 219 Å². The standard InChI is InChI=1S/C17H34O2.C14H28O2/c1-4-5-6-7-8-9-10-11-12-13-14-16(15(2)3)17(18)19;1-2-3-4-5-6-7-8-9-10-11-12-13-14(15)16/h15-16H,4-14H2,1-3H3,(H,18,19);2-13H2,1H3,(H,15,16). The Morgan fingerprint density at radius 2 is 0.829 bits per heavy atom. The summed E-state index contributed by atoms with van der Waals surface area (Å²) in [6, 6.07) is 0. The molecular formula is C31H62O4. The van der Waals surface area contributed by atoms with Crippen LogP contribution in [0.4, 0.5) is 0 Å². The van der Waals surface area contributed by atoms with Crippen molar-refractivity contribution in [3.05, 3.63) is 0 Å². The lowest BCUT2D eigenvalue weighted by Crippen LogP contribution is -2.19. The van der Waals surface area contributed by atoms with E-state index in [0.717, 1.165) is 25.7 Å². The van der Waals surface area contributed by atoms with Gasteiger partial charge >= 0.3 is 11.9 Å². The third-order valence-corrected chi connectivity index (χ3v) is 6.98. The summed E-state index contributed by atoms with van der Waals surface area (Å²) in [5, 5.41) is 17.5. The van der Waals surface area contributed by atoms with Crippen molar-refractivity contribution in [1.82, 2.24) is 0 Å². The average molecular weight is 499 g/mol. The molecule has 1 atom stereocenters. The fourth-order valence-corrected chi connectivity index (χ4v) is 4.53. The number of rotatable bonds is 25. The quantitative estimate of drug-likeness (QED) is 0.123. The molecule has 0 aliphatic rings. The van der Waals surface area contributed by atoms with Crippen LogP contribution in [0.2, 0.25) is 0 Å². The van der Waals surface area contributed by atoms with E-state index >= 15 is 0 Å². The molecule has 0 rings (SSSR count). The van der Waals surface area contributed by atoms with E-state index in [2.05, 4.69) is 13.8 Å². The molecule has 0 aliphatic heterocycles. The molecular weight excluding hydrogens is 436 g/mol. The Morgan fingerprint density at radius 1 is 0.514 bits per heavy atom. The van der Waals surface area contributed by atoms with Gasteiger partial charge in [-0.15, -0.1) is 0 Å². The zero-order valence-electron chi connectivity index (χ0n) is 24.1. The average Bonchev–Trinajstić information content (AvgIpc) is 2.80. The Hall–Kier alpha value is -1.06. The molecule has 0 spiro atoms. The van der Waals surface area contributed by atoms with Gasteiger partial charge in [0.1, 0.15) is 0 Å². The predicted molar refractivity (Wildman–Crippen MR) is 151 cm³/mol. The van der Waals surface area contributed by atoms with Crippen molar-refractivity contribution in [3.63, 3.8) is 0 Å². The maximum atomic E-state index is 11.0. The molecule has 0 radical (unpaired) electrons. The number of carboxylic acid groups (broad SMARTS) is 2. The molecule has 0 saturated carbocycles. The van der Waals surface area contributed by atoms with Crippen LogP contribution >= 0.6 is 0 Å². The zero-order chi connectivity index (χ0) is 26.6. The molecule has 35 heavy (non-hydrogen) atoms. The highest BCUT2D eigenvalue weighted by Crippen LogP contribution is 2.20. The van der Waals surface area contributed by atoms with Gasteiger partial charge in [0.2, 0.25) is 0 Å². The minimum atomic E-state index is -0.657. The topological polar surface area (TPSA) is 74.6 Å². The molecule has 210 valence electrons. The van der Waals surface area contributed by atoms with E-state index in [1.807, 2.05) is 13.8 Å². The fraction of sp³-hybridized carbons (Fsp3) is 0.935. The second-order valence-electron chi connectivity index (χ2n) is 10.8. The molecule has 1 unspecified atom stereocenters. The Bertz CT molecular complexity index is 447. The van der Waals surface area contributed by atoms with Gasteiger partial charge in [-0.2, -0.15) is 0 Å². The molecule has 0 aromatic rings. The maximum absolute atomic E-state index is 11.0. The van der Waals surface area contributed by atoms with Crippen LogP contribution in [-0.2, 0) is 9.59 Å². The molecule has 0 heterocycles. The van der Waals surface area contributed by atoms with Gasteiger partial charge in [0, 0.05) is 6.42 Å². The van der Waals surface area contributed by atoms with Gasteiger partial charge in [0.15, 0.2) is 0 Å². The normalized spacial score (nSPS) is 11.8. The summed E-state index contributed by atoms with van der Waals surface area (Å²) < 4.78 is 0. The van der Waals surface area contributed by atoms with E-state index in [4.69, 9.17) is 10.2 Å². The molecule has 0 saturated heterocycles. The number of aliphatic carboxylic acids is 2. The molecule has 0 amide bonds. The van der Waals surface area contributed by atoms with Gasteiger partial charge in [-0.1, -0.05) is 156 Å². The first-order valence-electron chi connectivity index (χ1n) is 15.3. The predicted octanol–water partition coefficient (Wildman–Crippen LogP) is 10.4. The van der Waals surface area contributed by atoms with Crippen LogP contribution in [0.15, 0.2) is 0 Å². The van der Waals surface area contributed by atoms with Crippen LogP contribution < -0.4 is 0 Å². The smallest absolute Gasteiger partial charge is 0.306 e. The van der Waals surface area contributed by atoms with Crippen molar-refractivity contribution in [1.29, 1.82) is 0 Å². The van der Waals surface area contributed by atoms with Gasteiger partial charge < -0.3 is 10.2 Å². The SMILES string of the molecule is CCCCCCCCCCCCC(C(=O)O)C(C)C.CCCCCCCCCCCCCC(=O)O. The van der Waals surface area contributed by atoms with E-state index in [-0.39, 0.29) is 11.8 Å². The Morgan fingerprint density at radius 3 is 1.11 bits per heavy atom. The first-order chi connectivity index (χ1) is 16.9. The zero-order valence-corrected chi connectivity index (χ0v) is 24.1. The monoisotopic (exact) mass is 498 g/mol. The number of carbonyl (C=O) groups is 2. The van der Waals surface area contributed by atoms with Gasteiger partial charge in [0.05, 0.1) is 5.92 Å². The van der Waals surface area contributed by atoms with Crippen LogP contribution in [0, 0.1) is 11.8 Å². The highest BCUT2D eigenvalue weighted by atomic mass is 16.4. The second-order valence-corrected chi connectivity index (χ2v) is 10.8. The van der Waals surface area contributed by atoms with Crippen molar-refractivity contribution in [3.8, 4) is 0 Å². The maximum Gasteiger partial charge on any atom is 0.306 e. The van der Waals surface area contributed by atoms with Crippen molar-refractivity contribution in [2.24, 2.45) is 11.8 Å². The Balaban J connectivity index is 0. The van der Waals surface area contributed by atoms with Gasteiger partial charge in [-0.05, 0) is 18.8 Å². The summed E-state index contributed by atoms with van der Waals surface area (Å²) in [6.07, 6.45) is 28.3. The van der Waals surface area contributed by atoms with Crippen molar-refractivity contribution in [2.45, 2.75) is 175 Å². The van der Waals surface area contributed by atoms with E-state index in [0.29, 0.717) is 6.42 Å². The molecule has 0 aromatic carbocycles. The summed E-state index contributed by atoms with van der Waals surface area (Å²) in [5.74, 6) is -1.16. The summed E-state index contributed by atoms with van der Waals surface area (Å²) in [6.45, 7) is 8.52. The summed E-state index contributed by atoms with van der Waals surface area (Å²) in [4.78, 5) is 21.3. The second kappa shape index (κ2) is 29.2. The van der Waals surface area contributed by atoms with E-state index < -0.39 is 11.9 Å². The minimum Gasteiger partial charge on any atom is -0.481 e. The van der Waals surface area contributed by atoms with Gasteiger partial charge in [-0.3, -0.25) is 9.59 Å². The fourth-order valence-electron chi connectivity index (χ4n) is 4.53. The summed E-state index contributed by atoms with van der Waals surface area (Å²) >= 11 is 0. The van der Waals surface area contributed by atoms with Crippen LogP contribution in [0.25, 0.3) is 0 Å². The Kier molecular flexibility index (Phi) is 30.1. The van der Waals surface area contributed by atoms with E-state index in [1.165, 1.54) is 116 Å². The third-order valence-electron chi connectivity index (χ3n) is 6.98. The molecule has 4 heteroatoms. The lowest BCUT2D eigenvalue weighted by atomic mass is 9.90. The first-order valence-corrected chi connectivity index (χ1v) is 15.3.